The Labute approximate surface area is 167 Å². The van der Waals surface area contributed by atoms with Gasteiger partial charge in [-0.25, -0.2) is 9.13 Å². The molecule has 0 amide bonds. The molecule has 150 valence electrons. The topological polar surface area (TPSA) is 55.8 Å². The van der Waals surface area contributed by atoms with Crippen molar-refractivity contribution in [2.45, 2.75) is 85.2 Å². The van der Waals surface area contributed by atoms with E-state index in [-0.39, 0.29) is 11.6 Å². The minimum absolute atomic E-state index is 0.0661. The van der Waals surface area contributed by atoms with Crippen LogP contribution in [-0.4, -0.2) is 21.1 Å². The number of aromatic nitrogens is 3. The van der Waals surface area contributed by atoms with Gasteiger partial charge in [-0.1, -0.05) is 39.5 Å². The molecule has 0 saturated carbocycles. The number of pyridine rings is 1. The lowest BCUT2D eigenvalue weighted by atomic mass is 9.94. The van der Waals surface area contributed by atoms with Gasteiger partial charge in [-0.3, -0.25) is 14.6 Å². The van der Waals surface area contributed by atoms with E-state index in [0.29, 0.717) is 22.6 Å². The minimum Gasteiger partial charge on any atom is -0.284 e. The first-order chi connectivity index (χ1) is 13.6. The summed E-state index contributed by atoms with van der Waals surface area (Å²) >= 11 is 0. The Morgan fingerprint density at radius 2 is 1.68 bits per heavy atom. The highest BCUT2D eigenvalue weighted by atomic mass is 16.1. The van der Waals surface area contributed by atoms with E-state index >= 15 is 0 Å². The predicted molar refractivity (Wildman–Crippen MR) is 109 cm³/mol. The lowest BCUT2D eigenvalue weighted by molar-refractivity contribution is -0.704. The van der Waals surface area contributed by atoms with Gasteiger partial charge in [-0.2, -0.15) is 0 Å². The number of rotatable bonds is 10. The third-order valence-corrected chi connectivity index (χ3v) is 5.71. The molecule has 0 atom stereocenters. The number of hydrogen-bond donors (Lipinski definition) is 0. The molecule has 0 aromatic carbocycles. The molecule has 0 radical (unpaired) electrons. The van der Waals surface area contributed by atoms with Gasteiger partial charge in [-0.05, 0) is 37.8 Å². The Morgan fingerprint density at radius 3 is 2.39 bits per heavy atom. The summed E-state index contributed by atoms with van der Waals surface area (Å²) in [5.41, 5.74) is 1.84. The van der Waals surface area contributed by atoms with Crippen LogP contribution in [0.4, 0.5) is 0 Å². The third-order valence-electron chi connectivity index (χ3n) is 5.71. The molecule has 0 bridgehead atoms. The molecule has 2 heterocycles. The van der Waals surface area contributed by atoms with Crippen LogP contribution in [0.15, 0.2) is 18.3 Å². The Bertz CT molecular complexity index is 798. The molecule has 1 aliphatic carbocycles. The van der Waals surface area contributed by atoms with Crippen LogP contribution in [-0.2, 0) is 13.1 Å². The van der Waals surface area contributed by atoms with Gasteiger partial charge in [0, 0.05) is 13.1 Å². The van der Waals surface area contributed by atoms with Crippen molar-refractivity contribution in [3.8, 4) is 0 Å². The van der Waals surface area contributed by atoms with Crippen LogP contribution >= 0.6 is 0 Å². The van der Waals surface area contributed by atoms with Crippen LogP contribution in [0.5, 0.6) is 0 Å². The number of unbranched alkanes of at least 4 members (excludes halogenated alkanes) is 6. The lowest BCUT2D eigenvalue weighted by Crippen LogP contribution is -2.43. The standard InChI is InChI=1S/C23H32N3O2/c1-4-6-8-10-15-25-17(3)26(16-11-9-7-5-2)21-20(25)22(27)18-13-12-14-24-19(18)23(21)28/h12-14H,4-11,15-16H2,1-3H3/q+1. The lowest BCUT2D eigenvalue weighted by Gasteiger charge is -2.12. The molecule has 2 aromatic rings. The summed E-state index contributed by atoms with van der Waals surface area (Å²) in [6.45, 7) is 7.98. The van der Waals surface area contributed by atoms with Gasteiger partial charge in [0.05, 0.1) is 18.7 Å². The van der Waals surface area contributed by atoms with Crippen molar-refractivity contribution in [3.05, 3.63) is 46.8 Å². The molecule has 0 unspecified atom stereocenters. The first-order valence-electron chi connectivity index (χ1n) is 10.8. The summed E-state index contributed by atoms with van der Waals surface area (Å²) in [7, 11) is 0. The number of fused-ring (bicyclic) bond motifs is 2. The molecule has 0 saturated heterocycles. The molecule has 0 spiro atoms. The molecule has 1 aliphatic rings. The van der Waals surface area contributed by atoms with Gasteiger partial charge >= 0.3 is 0 Å². The van der Waals surface area contributed by atoms with E-state index in [1.54, 1.807) is 18.3 Å². The first kappa shape index (κ1) is 20.4. The fourth-order valence-corrected chi connectivity index (χ4v) is 4.13. The van der Waals surface area contributed by atoms with Crippen LogP contribution < -0.4 is 4.57 Å². The Hall–Kier alpha value is -2.30. The number of carbonyl (C=O) groups is 2. The maximum Gasteiger partial charge on any atom is 0.255 e. The quantitative estimate of drug-likeness (QED) is 0.385. The molecule has 2 aromatic heterocycles. The highest BCUT2D eigenvalue weighted by Gasteiger charge is 2.43. The number of nitrogens with zero attached hydrogens (tertiary/aromatic N) is 3. The SMILES string of the molecule is CCCCCCn1c2c([n+](CCCCCC)c1C)C(=O)c1ncccc1C2=O. The van der Waals surface area contributed by atoms with Crippen LogP contribution in [0.25, 0.3) is 0 Å². The largest absolute Gasteiger partial charge is 0.284 e. The van der Waals surface area contributed by atoms with Gasteiger partial charge in [0.15, 0.2) is 0 Å². The smallest absolute Gasteiger partial charge is 0.255 e. The van der Waals surface area contributed by atoms with Crippen molar-refractivity contribution in [1.29, 1.82) is 0 Å². The third kappa shape index (κ3) is 3.80. The van der Waals surface area contributed by atoms with Crippen LogP contribution in [0, 0.1) is 6.92 Å². The molecular formula is C23H32N3O2+. The van der Waals surface area contributed by atoms with E-state index < -0.39 is 0 Å². The zero-order valence-corrected chi connectivity index (χ0v) is 17.5. The Kier molecular flexibility index (Phi) is 6.76. The summed E-state index contributed by atoms with van der Waals surface area (Å²) in [4.78, 5) is 30.8. The molecule has 28 heavy (non-hydrogen) atoms. The summed E-state index contributed by atoms with van der Waals surface area (Å²) in [5.74, 6) is 0.826. The number of carbonyl (C=O) groups excluding carboxylic acids is 2. The van der Waals surface area contributed by atoms with Crippen LogP contribution in [0.2, 0.25) is 0 Å². The van der Waals surface area contributed by atoms with Gasteiger partial charge in [0.1, 0.15) is 5.69 Å². The molecule has 5 heteroatoms. The maximum absolute atomic E-state index is 13.3. The fourth-order valence-electron chi connectivity index (χ4n) is 4.13. The Morgan fingerprint density at radius 1 is 0.964 bits per heavy atom. The molecular weight excluding hydrogens is 350 g/mol. The summed E-state index contributed by atoms with van der Waals surface area (Å²) in [5, 5.41) is 0. The average Bonchev–Trinajstić information content (AvgIpc) is 2.99. The fraction of sp³-hybridized carbons (Fsp3) is 0.565. The zero-order chi connectivity index (χ0) is 20.1. The Balaban J connectivity index is 2.00. The minimum atomic E-state index is -0.115. The second-order valence-corrected chi connectivity index (χ2v) is 7.73. The van der Waals surface area contributed by atoms with Gasteiger partial charge in [0.25, 0.3) is 11.6 Å². The molecule has 0 aliphatic heterocycles. The zero-order valence-electron chi connectivity index (χ0n) is 17.5. The maximum atomic E-state index is 13.3. The molecule has 5 nitrogen and oxygen atoms in total. The van der Waals surface area contributed by atoms with E-state index in [1.165, 1.54) is 25.7 Å². The second-order valence-electron chi connectivity index (χ2n) is 7.73. The molecule has 3 rings (SSSR count). The summed E-state index contributed by atoms with van der Waals surface area (Å²) in [6, 6.07) is 3.45. The number of imidazole rings is 1. The highest BCUT2D eigenvalue weighted by molar-refractivity contribution is 6.25. The molecule has 0 fully saturated rings. The van der Waals surface area contributed by atoms with Crippen LogP contribution in [0.1, 0.15) is 103 Å². The van der Waals surface area contributed by atoms with Gasteiger partial charge in [-0.15, -0.1) is 0 Å². The molecule has 0 N–H and O–H groups in total. The number of ketones is 2. The van der Waals surface area contributed by atoms with Crippen molar-refractivity contribution in [3.63, 3.8) is 0 Å². The second kappa shape index (κ2) is 9.26. The summed E-state index contributed by atoms with van der Waals surface area (Å²) < 4.78 is 4.16. The highest BCUT2D eigenvalue weighted by Crippen LogP contribution is 2.26. The first-order valence-corrected chi connectivity index (χ1v) is 10.8. The van der Waals surface area contributed by atoms with E-state index in [9.17, 15) is 9.59 Å². The van der Waals surface area contributed by atoms with Crippen LogP contribution in [0.3, 0.4) is 0 Å². The van der Waals surface area contributed by atoms with Crippen molar-refractivity contribution in [1.82, 2.24) is 9.55 Å². The van der Waals surface area contributed by atoms with Crippen molar-refractivity contribution in [2.24, 2.45) is 0 Å². The van der Waals surface area contributed by atoms with E-state index in [4.69, 9.17) is 0 Å². The monoisotopic (exact) mass is 382 g/mol. The van der Waals surface area contributed by atoms with Gasteiger partial charge in [0.2, 0.25) is 17.2 Å². The van der Waals surface area contributed by atoms with E-state index in [0.717, 1.165) is 44.6 Å². The predicted octanol–water partition coefficient (Wildman–Crippen LogP) is 4.42. The van der Waals surface area contributed by atoms with Gasteiger partial charge < -0.3 is 0 Å². The van der Waals surface area contributed by atoms with Crippen molar-refractivity contribution >= 4 is 11.6 Å². The average molecular weight is 383 g/mol. The number of hydrogen-bond acceptors (Lipinski definition) is 3. The van der Waals surface area contributed by atoms with E-state index in [2.05, 4.69) is 28.0 Å². The summed E-state index contributed by atoms with van der Waals surface area (Å²) in [6.07, 6.45) is 10.6. The van der Waals surface area contributed by atoms with E-state index in [1.807, 2.05) is 6.92 Å². The van der Waals surface area contributed by atoms with Crippen molar-refractivity contribution < 1.29 is 14.2 Å². The normalized spacial score (nSPS) is 13.0. The van der Waals surface area contributed by atoms with Crippen molar-refractivity contribution in [2.75, 3.05) is 0 Å².